The van der Waals surface area contributed by atoms with E-state index in [1.807, 2.05) is 13.0 Å². The lowest BCUT2D eigenvalue weighted by atomic mass is 9.92. The number of nitrogens with zero attached hydrogens (tertiary/aromatic N) is 1. The number of benzene rings is 1. The number of aryl methyl sites for hydroxylation is 1. The van der Waals surface area contributed by atoms with Crippen LogP contribution in [0.15, 0.2) is 18.2 Å². The summed E-state index contributed by atoms with van der Waals surface area (Å²) in [7, 11) is 0. The largest absolute Gasteiger partial charge is 0.494 e. The molecular formula is C17H23ClN2O4. The predicted octanol–water partition coefficient (Wildman–Crippen LogP) is 1.65. The maximum Gasteiger partial charge on any atom is 0.251 e. The Morgan fingerprint density at radius 1 is 1.46 bits per heavy atom. The molecule has 0 aliphatic carbocycles. The number of aliphatic hydroxyl groups is 1. The second-order valence-corrected chi connectivity index (χ2v) is 6.58. The number of piperidine rings is 1. The van der Waals surface area contributed by atoms with Crippen LogP contribution in [-0.2, 0) is 9.59 Å². The van der Waals surface area contributed by atoms with Gasteiger partial charge in [-0.2, -0.15) is 0 Å². The highest BCUT2D eigenvalue weighted by Gasteiger charge is 2.39. The summed E-state index contributed by atoms with van der Waals surface area (Å²) in [5, 5.41) is 10.8. The van der Waals surface area contributed by atoms with Gasteiger partial charge >= 0.3 is 0 Å². The molecule has 0 saturated carbocycles. The van der Waals surface area contributed by atoms with Crippen molar-refractivity contribution in [2.75, 3.05) is 19.7 Å². The van der Waals surface area contributed by atoms with Gasteiger partial charge in [0.2, 0.25) is 5.91 Å². The van der Waals surface area contributed by atoms with Crippen LogP contribution in [0.3, 0.4) is 0 Å². The molecule has 0 aromatic heterocycles. The Hall–Kier alpha value is -1.79. The van der Waals surface area contributed by atoms with Gasteiger partial charge in [0.05, 0.1) is 13.2 Å². The molecule has 1 aromatic rings. The van der Waals surface area contributed by atoms with Gasteiger partial charge in [-0.05, 0) is 49.9 Å². The number of rotatable bonds is 6. The van der Waals surface area contributed by atoms with E-state index in [1.54, 1.807) is 12.1 Å². The van der Waals surface area contributed by atoms with E-state index in [9.17, 15) is 14.7 Å². The molecule has 6 nitrogen and oxygen atoms in total. The van der Waals surface area contributed by atoms with Crippen molar-refractivity contribution in [3.63, 3.8) is 0 Å². The van der Waals surface area contributed by atoms with Crippen molar-refractivity contribution in [2.24, 2.45) is 5.73 Å². The van der Waals surface area contributed by atoms with Crippen molar-refractivity contribution in [1.29, 1.82) is 0 Å². The minimum Gasteiger partial charge on any atom is -0.494 e. The molecular weight excluding hydrogens is 332 g/mol. The van der Waals surface area contributed by atoms with Crippen LogP contribution < -0.4 is 10.5 Å². The van der Waals surface area contributed by atoms with Crippen molar-refractivity contribution in [2.45, 2.75) is 38.2 Å². The van der Waals surface area contributed by atoms with Gasteiger partial charge in [-0.15, -0.1) is 0 Å². The lowest BCUT2D eigenvalue weighted by Gasteiger charge is -2.37. The van der Waals surface area contributed by atoms with Crippen LogP contribution in [0.25, 0.3) is 0 Å². The SMILES string of the molecule is Cc1cc(OCCCC(=O)N2CCCC(O)(C(N)=O)C2)ccc1Cl. The molecule has 132 valence electrons. The Morgan fingerprint density at radius 3 is 2.88 bits per heavy atom. The molecule has 1 atom stereocenters. The molecule has 1 unspecified atom stereocenters. The second-order valence-electron chi connectivity index (χ2n) is 6.18. The molecule has 7 heteroatoms. The van der Waals surface area contributed by atoms with Gasteiger partial charge in [-0.25, -0.2) is 0 Å². The summed E-state index contributed by atoms with van der Waals surface area (Å²) in [5.74, 6) is -0.169. The highest BCUT2D eigenvalue weighted by Crippen LogP contribution is 2.23. The first-order valence-corrected chi connectivity index (χ1v) is 8.39. The first-order chi connectivity index (χ1) is 11.3. The Balaban J connectivity index is 1.76. The average molecular weight is 355 g/mol. The molecule has 1 aromatic carbocycles. The van der Waals surface area contributed by atoms with Crippen molar-refractivity contribution in [1.82, 2.24) is 4.90 Å². The third-order valence-corrected chi connectivity index (χ3v) is 4.64. The number of amides is 2. The fourth-order valence-electron chi connectivity index (χ4n) is 2.73. The monoisotopic (exact) mass is 354 g/mol. The number of hydrogen-bond donors (Lipinski definition) is 2. The third kappa shape index (κ3) is 4.61. The number of halogens is 1. The van der Waals surface area contributed by atoms with Crippen LogP contribution in [0, 0.1) is 6.92 Å². The number of ether oxygens (including phenoxy) is 1. The number of carbonyl (C=O) groups is 2. The quantitative estimate of drug-likeness (QED) is 0.759. The zero-order valence-corrected chi connectivity index (χ0v) is 14.5. The lowest BCUT2D eigenvalue weighted by Crippen LogP contribution is -2.57. The average Bonchev–Trinajstić information content (AvgIpc) is 2.54. The van der Waals surface area contributed by atoms with Crippen LogP contribution in [0.1, 0.15) is 31.2 Å². The number of nitrogens with two attached hydrogens (primary N) is 1. The minimum absolute atomic E-state index is 0.0294. The molecule has 1 aliphatic rings. The smallest absolute Gasteiger partial charge is 0.251 e. The lowest BCUT2D eigenvalue weighted by molar-refractivity contribution is -0.149. The molecule has 2 rings (SSSR count). The van der Waals surface area contributed by atoms with Crippen molar-refractivity contribution in [3.05, 3.63) is 28.8 Å². The number of likely N-dealkylation sites (tertiary alicyclic amines) is 1. The number of hydrogen-bond acceptors (Lipinski definition) is 4. The van der Waals surface area contributed by atoms with Crippen LogP contribution in [0.4, 0.5) is 0 Å². The second kappa shape index (κ2) is 7.85. The zero-order valence-electron chi connectivity index (χ0n) is 13.8. The van der Waals surface area contributed by atoms with E-state index in [1.165, 1.54) is 4.90 Å². The topological polar surface area (TPSA) is 92.9 Å². The van der Waals surface area contributed by atoms with Crippen molar-refractivity contribution in [3.8, 4) is 5.75 Å². The highest BCUT2D eigenvalue weighted by atomic mass is 35.5. The summed E-state index contributed by atoms with van der Waals surface area (Å²) >= 11 is 5.96. The van der Waals surface area contributed by atoms with Gasteiger partial charge in [-0.1, -0.05) is 11.6 Å². The van der Waals surface area contributed by atoms with Gasteiger partial charge in [-0.3, -0.25) is 9.59 Å². The maximum atomic E-state index is 12.2. The summed E-state index contributed by atoms with van der Waals surface area (Å²) < 4.78 is 5.61. The molecule has 3 N–H and O–H groups in total. The van der Waals surface area contributed by atoms with E-state index < -0.39 is 11.5 Å². The van der Waals surface area contributed by atoms with E-state index >= 15 is 0 Å². The van der Waals surface area contributed by atoms with E-state index in [2.05, 4.69) is 0 Å². The fourth-order valence-corrected chi connectivity index (χ4v) is 2.85. The number of carbonyl (C=O) groups excluding carboxylic acids is 2. The van der Waals surface area contributed by atoms with E-state index in [0.717, 1.165) is 5.56 Å². The molecule has 0 spiro atoms. The van der Waals surface area contributed by atoms with Crippen LogP contribution >= 0.6 is 11.6 Å². The van der Waals surface area contributed by atoms with Crippen LogP contribution in [-0.4, -0.2) is 47.1 Å². The van der Waals surface area contributed by atoms with Crippen molar-refractivity contribution >= 4 is 23.4 Å². The van der Waals surface area contributed by atoms with Crippen molar-refractivity contribution < 1.29 is 19.4 Å². The molecule has 24 heavy (non-hydrogen) atoms. The Kier molecular flexibility index (Phi) is 6.07. The van der Waals surface area contributed by atoms with Crippen LogP contribution in [0.5, 0.6) is 5.75 Å². The van der Waals surface area contributed by atoms with E-state index in [4.69, 9.17) is 22.1 Å². The van der Waals surface area contributed by atoms with E-state index in [0.29, 0.717) is 49.6 Å². The van der Waals surface area contributed by atoms with Crippen LogP contribution in [0.2, 0.25) is 5.02 Å². The normalized spacial score (nSPS) is 20.7. The van der Waals surface area contributed by atoms with Gasteiger partial charge in [0.25, 0.3) is 5.91 Å². The maximum absolute atomic E-state index is 12.2. The summed E-state index contributed by atoms with van der Waals surface area (Å²) in [5.41, 5.74) is 4.54. The molecule has 2 amide bonds. The highest BCUT2D eigenvalue weighted by molar-refractivity contribution is 6.31. The summed E-state index contributed by atoms with van der Waals surface area (Å²) in [4.78, 5) is 25.0. The third-order valence-electron chi connectivity index (χ3n) is 4.22. The number of β-amino-alcohol motifs (C(OH)–C–C–N with tert-alkyl or cyclic N) is 1. The van der Waals surface area contributed by atoms with Gasteiger partial charge in [0.15, 0.2) is 5.60 Å². The first-order valence-electron chi connectivity index (χ1n) is 8.01. The summed E-state index contributed by atoms with van der Waals surface area (Å²) in [6, 6.07) is 5.41. The molecule has 0 bridgehead atoms. The van der Waals surface area contributed by atoms with Gasteiger partial charge < -0.3 is 20.5 Å². The molecule has 1 saturated heterocycles. The standard InChI is InChI=1S/C17H23ClN2O4/c1-12-10-13(5-6-14(12)18)24-9-2-4-15(21)20-8-3-7-17(23,11-20)16(19)22/h5-6,10,23H,2-4,7-9,11H2,1H3,(H2,19,22). The van der Waals surface area contributed by atoms with E-state index in [-0.39, 0.29) is 12.5 Å². The Bertz CT molecular complexity index is 623. The molecule has 1 heterocycles. The molecule has 0 radical (unpaired) electrons. The number of primary amides is 1. The van der Waals surface area contributed by atoms with Gasteiger partial charge in [0, 0.05) is 18.0 Å². The first kappa shape index (κ1) is 18.5. The summed E-state index contributed by atoms with van der Waals surface area (Å²) in [6.45, 7) is 2.81. The zero-order chi connectivity index (χ0) is 17.7. The Morgan fingerprint density at radius 2 is 2.21 bits per heavy atom. The Labute approximate surface area is 146 Å². The minimum atomic E-state index is -1.61. The van der Waals surface area contributed by atoms with Gasteiger partial charge in [0.1, 0.15) is 5.75 Å². The summed E-state index contributed by atoms with van der Waals surface area (Å²) in [6.07, 6.45) is 1.70. The predicted molar refractivity (Wildman–Crippen MR) is 90.9 cm³/mol. The molecule has 1 fully saturated rings. The fraction of sp³-hybridized carbons (Fsp3) is 0.529. The molecule has 1 aliphatic heterocycles.